The van der Waals surface area contributed by atoms with Gasteiger partial charge in [-0.15, -0.1) is 0 Å². The normalized spacial score (nSPS) is 28.3. The summed E-state index contributed by atoms with van der Waals surface area (Å²) in [5.41, 5.74) is 0.115. The summed E-state index contributed by atoms with van der Waals surface area (Å²) in [5, 5.41) is 3.57. The van der Waals surface area contributed by atoms with E-state index in [1.54, 1.807) is 0 Å². The maximum atomic E-state index is 13.9. The number of hydrogen-bond donors (Lipinski definition) is 1. The molecular formula is C15H20F2N2. The first-order chi connectivity index (χ1) is 9.10. The summed E-state index contributed by atoms with van der Waals surface area (Å²) in [5.74, 6) is -0.275. The molecule has 1 aromatic rings. The van der Waals surface area contributed by atoms with Crippen molar-refractivity contribution in [3.05, 3.63) is 29.8 Å². The predicted octanol–water partition coefficient (Wildman–Crippen LogP) is 2.93. The van der Waals surface area contributed by atoms with Crippen LogP contribution in [0.4, 0.5) is 14.5 Å². The highest BCUT2D eigenvalue weighted by molar-refractivity contribution is 5.50. The maximum absolute atomic E-state index is 13.9. The van der Waals surface area contributed by atoms with E-state index in [2.05, 4.69) is 12.2 Å². The van der Waals surface area contributed by atoms with Gasteiger partial charge in [-0.05, 0) is 50.8 Å². The quantitative estimate of drug-likeness (QED) is 0.885. The fraction of sp³-hybridized carbons (Fsp3) is 0.600. The fourth-order valence-corrected chi connectivity index (χ4v) is 3.15. The SMILES string of the molecule is CC1(C2CC2)CN(c2c(F)cccc2F)CCCN1. The van der Waals surface area contributed by atoms with Crippen LogP contribution in [0.25, 0.3) is 0 Å². The zero-order valence-electron chi connectivity index (χ0n) is 11.3. The largest absolute Gasteiger partial charge is 0.365 e. The number of benzene rings is 1. The van der Waals surface area contributed by atoms with Crippen molar-refractivity contribution in [3.8, 4) is 0 Å². The maximum Gasteiger partial charge on any atom is 0.149 e. The van der Waals surface area contributed by atoms with Crippen LogP contribution in [-0.4, -0.2) is 25.2 Å². The highest BCUT2D eigenvalue weighted by Gasteiger charge is 2.43. The van der Waals surface area contributed by atoms with Gasteiger partial charge in [-0.2, -0.15) is 0 Å². The Morgan fingerprint density at radius 1 is 1.26 bits per heavy atom. The number of halogens is 2. The Labute approximate surface area is 112 Å². The topological polar surface area (TPSA) is 15.3 Å². The van der Waals surface area contributed by atoms with Crippen molar-refractivity contribution >= 4 is 5.69 Å². The van der Waals surface area contributed by atoms with E-state index in [4.69, 9.17) is 0 Å². The Bertz CT molecular complexity index is 453. The standard InChI is InChI=1S/C15H20F2N2/c1-15(11-6-7-11)10-19(9-3-8-18-15)14-12(16)4-2-5-13(14)17/h2,4-5,11,18H,3,6-10H2,1H3. The monoisotopic (exact) mass is 266 g/mol. The second-order valence-corrected chi connectivity index (χ2v) is 5.96. The van der Waals surface area contributed by atoms with Gasteiger partial charge < -0.3 is 10.2 Å². The second kappa shape index (κ2) is 4.75. The molecule has 19 heavy (non-hydrogen) atoms. The smallest absolute Gasteiger partial charge is 0.149 e. The number of nitrogens with zero attached hydrogens (tertiary/aromatic N) is 1. The molecule has 1 atom stereocenters. The summed E-state index contributed by atoms with van der Waals surface area (Å²) in [4.78, 5) is 1.88. The summed E-state index contributed by atoms with van der Waals surface area (Å²) in [6.45, 7) is 4.48. The van der Waals surface area contributed by atoms with Crippen LogP contribution >= 0.6 is 0 Å². The summed E-state index contributed by atoms with van der Waals surface area (Å²) < 4.78 is 27.9. The molecule has 0 bridgehead atoms. The lowest BCUT2D eigenvalue weighted by atomic mass is 9.95. The average molecular weight is 266 g/mol. The van der Waals surface area contributed by atoms with Gasteiger partial charge in [0.2, 0.25) is 0 Å². The van der Waals surface area contributed by atoms with Crippen molar-refractivity contribution < 1.29 is 8.78 Å². The Morgan fingerprint density at radius 2 is 1.95 bits per heavy atom. The molecule has 0 amide bonds. The Kier molecular flexibility index (Phi) is 3.21. The molecule has 2 aliphatic rings. The van der Waals surface area contributed by atoms with E-state index in [1.807, 2.05) is 4.90 Å². The van der Waals surface area contributed by atoms with E-state index >= 15 is 0 Å². The van der Waals surface area contributed by atoms with Crippen molar-refractivity contribution in [2.45, 2.75) is 31.7 Å². The lowest BCUT2D eigenvalue weighted by Crippen LogP contribution is -2.51. The van der Waals surface area contributed by atoms with Crippen molar-refractivity contribution in [2.75, 3.05) is 24.5 Å². The molecule has 2 fully saturated rings. The lowest BCUT2D eigenvalue weighted by Gasteiger charge is -2.35. The van der Waals surface area contributed by atoms with Crippen LogP contribution in [0.2, 0.25) is 0 Å². The minimum absolute atomic E-state index is 0.0226. The molecule has 104 valence electrons. The molecule has 0 radical (unpaired) electrons. The van der Waals surface area contributed by atoms with Crippen LogP contribution in [0.15, 0.2) is 18.2 Å². The minimum atomic E-state index is -0.458. The number of para-hydroxylation sites is 1. The zero-order chi connectivity index (χ0) is 13.5. The summed E-state index contributed by atoms with van der Waals surface area (Å²) in [6.07, 6.45) is 3.35. The van der Waals surface area contributed by atoms with Crippen LogP contribution in [0.5, 0.6) is 0 Å². The van der Waals surface area contributed by atoms with Crippen molar-refractivity contribution in [3.63, 3.8) is 0 Å². The van der Waals surface area contributed by atoms with E-state index in [0.717, 1.165) is 13.0 Å². The molecule has 1 N–H and O–H groups in total. The van der Waals surface area contributed by atoms with E-state index in [1.165, 1.54) is 31.0 Å². The predicted molar refractivity (Wildman–Crippen MR) is 72.3 cm³/mol. The van der Waals surface area contributed by atoms with E-state index in [0.29, 0.717) is 19.0 Å². The first-order valence-electron chi connectivity index (χ1n) is 7.04. The third kappa shape index (κ3) is 2.46. The average Bonchev–Trinajstić information content (AvgIpc) is 3.16. The third-order valence-electron chi connectivity index (χ3n) is 4.39. The Hall–Kier alpha value is -1.16. The molecule has 3 rings (SSSR count). The molecule has 0 aromatic heterocycles. The third-order valence-corrected chi connectivity index (χ3v) is 4.39. The molecular weight excluding hydrogens is 246 g/mol. The van der Waals surface area contributed by atoms with E-state index < -0.39 is 11.6 Å². The molecule has 2 nitrogen and oxygen atoms in total. The zero-order valence-corrected chi connectivity index (χ0v) is 11.3. The second-order valence-electron chi connectivity index (χ2n) is 5.96. The molecule has 1 aromatic carbocycles. The number of rotatable bonds is 2. The number of nitrogens with one attached hydrogen (secondary N) is 1. The molecule has 1 saturated carbocycles. The van der Waals surface area contributed by atoms with Gasteiger partial charge in [0.1, 0.15) is 17.3 Å². The summed E-state index contributed by atoms with van der Waals surface area (Å²) in [6, 6.07) is 4.10. The van der Waals surface area contributed by atoms with Crippen LogP contribution < -0.4 is 10.2 Å². The van der Waals surface area contributed by atoms with Crippen LogP contribution in [0.1, 0.15) is 26.2 Å². The Morgan fingerprint density at radius 3 is 2.58 bits per heavy atom. The van der Waals surface area contributed by atoms with Crippen molar-refractivity contribution in [2.24, 2.45) is 5.92 Å². The lowest BCUT2D eigenvalue weighted by molar-refractivity contribution is 0.330. The van der Waals surface area contributed by atoms with E-state index in [-0.39, 0.29) is 11.2 Å². The summed E-state index contributed by atoms with van der Waals surface area (Å²) in [7, 11) is 0. The van der Waals surface area contributed by atoms with Crippen molar-refractivity contribution in [1.29, 1.82) is 0 Å². The number of anilines is 1. The van der Waals surface area contributed by atoms with Gasteiger partial charge in [0.15, 0.2) is 0 Å². The molecule has 4 heteroatoms. The van der Waals surface area contributed by atoms with E-state index in [9.17, 15) is 8.78 Å². The highest BCUT2D eigenvalue weighted by Crippen LogP contribution is 2.41. The van der Waals surface area contributed by atoms with Gasteiger partial charge in [-0.1, -0.05) is 6.07 Å². The van der Waals surface area contributed by atoms with Gasteiger partial charge in [-0.3, -0.25) is 0 Å². The number of hydrogen-bond acceptors (Lipinski definition) is 2. The molecule has 1 aliphatic carbocycles. The molecule has 1 unspecified atom stereocenters. The fourth-order valence-electron chi connectivity index (χ4n) is 3.15. The van der Waals surface area contributed by atoms with Gasteiger partial charge in [0, 0.05) is 18.6 Å². The van der Waals surface area contributed by atoms with Crippen LogP contribution in [0.3, 0.4) is 0 Å². The Balaban J connectivity index is 1.90. The molecule has 1 aliphatic heterocycles. The molecule has 1 heterocycles. The van der Waals surface area contributed by atoms with Gasteiger partial charge in [-0.25, -0.2) is 8.78 Å². The van der Waals surface area contributed by atoms with Gasteiger partial charge in [0.25, 0.3) is 0 Å². The van der Waals surface area contributed by atoms with Gasteiger partial charge in [0.05, 0.1) is 0 Å². The van der Waals surface area contributed by atoms with Crippen LogP contribution in [-0.2, 0) is 0 Å². The molecule has 0 spiro atoms. The first-order valence-corrected chi connectivity index (χ1v) is 7.04. The summed E-state index contributed by atoms with van der Waals surface area (Å²) >= 11 is 0. The van der Waals surface area contributed by atoms with Crippen LogP contribution in [0, 0.1) is 17.6 Å². The van der Waals surface area contributed by atoms with Gasteiger partial charge >= 0.3 is 0 Å². The highest BCUT2D eigenvalue weighted by atomic mass is 19.1. The van der Waals surface area contributed by atoms with Crippen molar-refractivity contribution in [1.82, 2.24) is 5.32 Å². The minimum Gasteiger partial charge on any atom is -0.365 e. The first kappa shape index (κ1) is 12.9. The molecule has 1 saturated heterocycles.